The summed E-state index contributed by atoms with van der Waals surface area (Å²) in [6.07, 6.45) is 0.490. The van der Waals surface area contributed by atoms with Crippen molar-refractivity contribution in [1.82, 2.24) is 9.78 Å². The van der Waals surface area contributed by atoms with Gasteiger partial charge in [0, 0.05) is 25.6 Å². The maximum absolute atomic E-state index is 13.5. The van der Waals surface area contributed by atoms with Gasteiger partial charge < -0.3 is 5.11 Å². The maximum atomic E-state index is 13.5. The van der Waals surface area contributed by atoms with Crippen molar-refractivity contribution in [3.05, 3.63) is 52.9 Å². The minimum absolute atomic E-state index is 0.0796. The van der Waals surface area contributed by atoms with E-state index in [0.717, 1.165) is 23.9 Å². The van der Waals surface area contributed by atoms with Crippen LogP contribution in [0.4, 0.5) is 8.78 Å². The number of nitrogens with zero attached hydrogens (tertiary/aromatic N) is 2. The van der Waals surface area contributed by atoms with Crippen LogP contribution < -0.4 is 0 Å². The zero-order valence-corrected chi connectivity index (χ0v) is 11.6. The standard InChI is InChI=1S/C15H18F2N2O/c1-3-11-8-12(19(2)18-11)9-13(20)7-10-5-4-6-14(16)15(10)17/h4-6,8,13,20H,3,7,9H2,1-2H3. The van der Waals surface area contributed by atoms with E-state index in [9.17, 15) is 13.9 Å². The van der Waals surface area contributed by atoms with Gasteiger partial charge in [-0.15, -0.1) is 0 Å². The van der Waals surface area contributed by atoms with Crippen molar-refractivity contribution in [2.24, 2.45) is 7.05 Å². The van der Waals surface area contributed by atoms with Crippen LogP contribution in [0.25, 0.3) is 0 Å². The van der Waals surface area contributed by atoms with E-state index in [2.05, 4.69) is 5.10 Å². The Morgan fingerprint density at radius 1 is 1.30 bits per heavy atom. The molecule has 1 unspecified atom stereocenters. The molecule has 20 heavy (non-hydrogen) atoms. The Bertz CT molecular complexity index is 596. The van der Waals surface area contributed by atoms with E-state index in [1.54, 1.807) is 4.68 Å². The van der Waals surface area contributed by atoms with Crippen LogP contribution in [0.2, 0.25) is 0 Å². The van der Waals surface area contributed by atoms with Gasteiger partial charge in [-0.1, -0.05) is 19.1 Å². The lowest BCUT2D eigenvalue weighted by Crippen LogP contribution is -2.17. The van der Waals surface area contributed by atoms with Crippen molar-refractivity contribution in [2.75, 3.05) is 0 Å². The van der Waals surface area contributed by atoms with Crippen molar-refractivity contribution in [3.63, 3.8) is 0 Å². The first-order valence-corrected chi connectivity index (χ1v) is 6.64. The molecule has 1 aromatic heterocycles. The maximum Gasteiger partial charge on any atom is 0.162 e. The van der Waals surface area contributed by atoms with E-state index >= 15 is 0 Å². The molecule has 1 aromatic carbocycles. The molecule has 0 amide bonds. The molecular weight excluding hydrogens is 262 g/mol. The number of hydrogen-bond acceptors (Lipinski definition) is 2. The van der Waals surface area contributed by atoms with Gasteiger partial charge >= 0.3 is 0 Å². The van der Waals surface area contributed by atoms with Crippen LogP contribution in [0, 0.1) is 11.6 Å². The van der Waals surface area contributed by atoms with Gasteiger partial charge in [0.2, 0.25) is 0 Å². The Morgan fingerprint density at radius 3 is 2.70 bits per heavy atom. The van der Waals surface area contributed by atoms with Crippen LogP contribution in [0.3, 0.4) is 0 Å². The molecule has 0 aliphatic heterocycles. The lowest BCUT2D eigenvalue weighted by molar-refractivity contribution is 0.171. The molecule has 0 saturated carbocycles. The van der Waals surface area contributed by atoms with Crippen molar-refractivity contribution in [3.8, 4) is 0 Å². The fourth-order valence-corrected chi connectivity index (χ4v) is 2.21. The summed E-state index contributed by atoms with van der Waals surface area (Å²) in [7, 11) is 1.81. The van der Waals surface area contributed by atoms with E-state index in [-0.39, 0.29) is 12.0 Å². The summed E-state index contributed by atoms with van der Waals surface area (Å²) in [4.78, 5) is 0. The number of aryl methyl sites for hydroxylation is 2. The molecule has 0 bridgehead atoms. The summed E-state index contributed by atoms with van der Waals surface area (Å²) >= 11 is 0. The zero-order chi connectivity index (χ0) is 14.7. The average molecular weight is 280 g/mol. The first-order valence-electron chi connectivity index (χ1n) is 6.64. The number of rotatable bonds is 5. The molecule has 0 aliphatic rings. The van der Waals surface area contributed by atoms with Crippen LogP contribution in [0.5, 0.6) is 0 Å². The topological polar surface area (TPSA) is 38.0 Å². The van der Waals surface area contributed by atoms with Gasteiger partial charge in [-0.05, 0) is 24.1 Å². The number of halogens is 2. The average Bonchev–Trinajstić information content (AvgIpc) is 2.76. The Labute approximate surface area is 116 Å². The summed E-state index contributed by atoms with van der Waals surface area (Å²) in [6.45, 7) is 2.00. The van der Waals surface area contributed by atoms with Gasteiger partial charge in [0.25, 0.3) is 0 Å². The van der Waals surface area contributed by atoms with Gasteiger partial charge in [-0.2, -0.15) is 5.10 Å². The zero-order valence-electron chi connectivity index (χ0n) is 11.6. The lowest BCUT2D eigenvalue weighted by Gasteiger charge is -2.11. The van der Waals surface area contributed by atoms with Crippen LogP contribution >= 0.6 is 0 Å². The van der Waals surface area contributed by atoms with Gasteiger partial charge in [-0.3, -0.25) is 4.68 Å². The molecule has 1 atom stereocenters. The highest BCUT2D eigenvalue weighted by Crippen LogP contribution is 2.15. The molecule has 1 heterocycles. The van der Waals surface area contributed by atoms with Gasteiger partial charge in [0.1, 0.15) is 0 Å². The lowest BCUT2D eigenvalue weighted by atomic mass is 10.0. The SMILES string of the molecule is CCc1cc(CC(O)Cc2cccc(F)c2F)n(C)n1. The highest BCUT2D eigenvalue weighted by molar-refractivity contribution is 5.20. The molecule has 0 radical (unpaired) electrons. The molecule has 0 fully saturated rings. The predicted octanol–water partition coefficient (Wildman–Crippen LogP) is 2.41. The summed E-state index contributed by atoms with van der Waals surface area (Å²) in [5.74, 6) is -1.77. The highest BCUT2D eigenvalue weighted by Gasteiger charge is 2.15. The summed E-state index contributed by atoms with van der Waals surface area (Å²) in [5.41, 5.74) is 2.02. The Hall–Kier alpha value is -1.75. The van der Waals surface area contributed by atoms with Crippen molar-refractivity contribution in [2.45, 2.75) is 32.3 Å². The summed E-state index contributed by atoms with van der Waals surface area (Å²) < 4.78 is 28.3. The second-order valence-corrected chi connectivity index (χ2v) is 4.88. The predicted molar refractivity (Wildman–Crippen MR) is 72.4 cm³/mol. The molecule has 5 heteroatoms. The Morgan fingerprint density at radius 2 is 2.05 bits per heavy atom. The third kappa shape index (κ3) is 3.22. The van der Waals surface area contributed by atoms with Crippen LogP contribution in [-0.2, 0) is 26.3 Å². The smallest absolute Gasteiger partial charge is 0.162 e. The third-order valence-electron chi connectivity index (χ3n) is 3.32. The Kier molecular flexibility index (Phi) is 4.49. The fraction of sp³-hybridized carbons (Fsp3) is 0.400. The van der Waals surface area contributed by atoms with E-state index in [1.807, 2.05) is 20.0 Å². The number of aromatic nitrogens is 2. The van der Waals surface area contributed by atoms with Crippen LogP contribution in [-0.4, -0.2) is 21.0 Å². The third-order valence-corrected chi connectivity index (χ3v) is 3.32. The number of hydrogen-bond donors (Lipinski definition) is 1. The van der Waals surface area contributed by atoms with Crippen LogP contribution in [0.15, 0.2) is 24.3 Å². The van der Waals surface area contributed by atoms with E-state index < -0.39 is 17.7 Å². The minimum Gasteiger partial charge on any atom is -0.392 e. The summed E-state index contributed by atoms with van der Waals surface area (Å²) in [5, 5.41) is 14.3. The first kappa shape index (κ1) is 14.7. The molecular formula is C15H18F2N2O. The number of aliphatic hydroxyl groups excluding tert-OH is 1. The molecule has 0 aliphatic carbocycles. The normalized spacial score (nSPS) is 12.7. The quantitative estimate of drug-likeness (QED) is 0.913. The molecule has 2 aromatic rings. The van der Waals surface area contributed by atoms with Crippen molar-refractivity contribution >= 4 is 0 Å². The van der Waals surface area contributed by atoms with E-state index in [1.165, 1.54) is 12.1 Å². The van der Waals surface area contributed by atoms with Gasteiger partial charge in [-0.25, -0.2) is 8.78 Å². The number of aliphatic hydroxyl groups is 1. The van der Waals surface area contributed by atoms with Crippen molar-refractivity contribution < 1.29 is 13.9 Å². The molecule has 0 saturated heterocycles. The molecule has 3 nitrogen and oxygen atoms in total. The molecule has 1 N–H and O–H groups in total. The monoisotopic (exact) mass is 280 g/mol. The number of benzene rings is 1. The highest BCUT2D eigenvalue weighted by atomic mass is 19.2. The van der Waals surface area contributed by atoms with Gasteiger partial charge in [0.05, 0.1) is 11.8 Å². The molecule has 0 spiro atoms. The van der Waals surface area contributed by atoms with Gasteiger partial charge in [0.15, 0.2) is 11.6 Å². The second kappa shape index (κ2) is 6.13. The Balaban J connectivity index is 2.06. The second-order valence-electron chi connectivity index (χ2n) is 4.88. The summed E-state index contributed by atoms with van der Waals surface area (Å²) in [6, 6.07) is 5.92. The fourth-order valence-electron chi connectivity index (χ4n) is 2.21. The largest absolute Gasteiger partial charge is 0.392 e. The molecule has 108 valence electrons. The molecule has 2 rings (SSSR count). The minimum atomic E-state index is -0.886. The van der Waals surface area contributed by atoms with Crippen LogP contribution in [0.1, 0.15) is 23.9 Å². The first-order chi connectivity index (χ1) is 9.51. The van der Waals surface area contributed by atoms with Crippen molar-refractivity contribution in [1.29, 1.82) is 0 Å². The van der Waals surface area contributed by atoms with E-state index in [4.69, 9.17) is 0 Å². The van der Waals surface area contributed by atoms with E-state index in [0.29, 0.717) is 6.42 Å².